The maximum absolute atomic E-state index is 13.1. The van der Waals surface area contributed by atoms with Gasteiger partial charge in [-0.3, -0.25) is 0 Å². The van der Waals surface area contributed by atoms with Crippen LogP contribution in [0.1, 0.15) is 29.8 Å². The maximum Gasteiger partial charge on any atom is 0.340 e. The van der Waals surface area contributed by atoms with E-state index in [9.17, 15) is 9.18 Å². The van der Waals surface area contributed by atoms with E-state index in [-0.39, 0.29) is 17.4 Å². The van der Waals surface area contributed by atoms with Crippen molar-refractivity contribution < 1.29 is 13.9 Å². The minimum Gasteiger partial charge on any atom is -0.459 e. The van der Waals surface area contributed by atoms with Crippen molar-refractivity contribution in [3.8, 4) is 0 Å². The summed E-state index contributed by atoms with van der Waals surface area (Å²) in [5.41, 5.74) is 6.21. The number of esters is 1. The molecule has 3 nitrogen and oxygen atoms in total. The molecule has 0 heterocycles. The fourth-order valence-electron chi connectivity index (χ4n) is 1.15. The predicted molar refractivity (Wildman–Crippen MR) is 56.1 cm³/mol. The SMILES string of the molecule is Cc1cc(C(=O)OC(C)C)c(N)cc1F. The number of hydrogen-bond acceptors (Lipinski definition) is 3. The van der Waals surface area contributed by atoms with Gasteiger partial charge in [0.15, 0.2) is 0 Å². The summed E-state index contributed by atoms with van der Waals surface area (Å²) >= 11 is 0. The number of hydrogen-bond donors (Lipinski definition) is 1. The number of ether oxygens (including phenoxy) is 1. The summed E-state index contributed by atoms with van der Waals surface area (Å²) in [6.45, 7) is 5.05. The zero-order valence-corrected chi connectivity index (χ0v) is 9.00. The first-order chi connectivity index (χ1) is 6.91. The first-order valence-corrected chi connectivity index (χ1v) is 4.68. The van der Waals surface area contributed by atoms with Crippen LogP contribution in [-0.2, 0) is 4.74 Å². The molecule has 0 bridgehead atoms. The standard InChI is InChI=1S/C11H14FNO2/c1-6(2)15-11(14)8-4-7(3)9(12)5-10(8)13/h4-6H,13H2,1-3H3. The van der Waals surface area contributed by atoms with E-state index in [0.29, 0.717) is 5.56 Å². The monoisotopic (exact) mass is 211 g/mol. The Morgan fingerprint density at radius 2 is 2.07 bits per heavy atom. The second-order valence-corrected chi connectivity index (χ2v) is 3.64. The summed E-state index contributed by atoms with van der Waals surface area (Å²) in [7, 11) is 0. The van der Waals surface area contributed by atoms with Gasteiger partial charge in [-0.2, -0.15) is 0 Å². The molecule has 0 saturated heterocycles. The second kappa shape index (κ2) is 4.29. The molecule has 0 unspecified atom stereocenters. The lowest BCUT2D eigenvalue weighted by molar-refractivity contribution is 0.0379. The lowest BCUT2D eigenvalue weighted by Crippen LogP contribution is -2.14. The Kier molecular flexibility index (Phi) is 3.29. The molecule has 0 atom stereocenters. The molecule has 4 heteroatoms. The van der Waals surface area contributed by atoms with Crippen LogP contribution in [0.15, 0.2) is 12.1 Å². The zero-order chi connectivity index (χ0) is 11.6. The van der Waals surface area contributed by atoms with Gasteiger partial charge in [0.05, 0.1) is 11.7 Å². The number of nitrogens with two attached hydrogens (primary N) is 1. The summed E-state index contributed by atoms with van der Waals surface area (Å²) in [6.07, 6.45) is -0.220. The fourth-order valence-corrected chi connectivity index (χ4v) is 1.15. The normalized spacial score (nSPS) is 10.5. The number of carbonyl (C=O) groups is 1. The second-order valence-electron chi connectivity index (χ2n) is 3.64. The highest BCUT2D eigenvalue weighted by Gasteiger charge is 2.14. The molecule has 2 N–H and O–H groups in total. The van der Waals surface area contributed by atoms with Gasteiger partial charge in [-0.05, 0) is 38.5 Å². The van der Waals surface area contributed by atoms with E-state index >= 15 is 0 Å². The zero-order valence-electron chi connectivity index (χ0n) is 9.00. The largest absolute Gasteiger partial charge is 0.459 e. The van der Waals surface area contributed by atoms with Crippen LogP contribution >= 0.6 is 0 Å². The topological polar surface area (TPSA) is 52.3 Å². The summed E-state index contributed by atoms with van der Waals surface area (Å²) in [6, 6.07) is 2.53. The highest BCUT2D eigenvalue weighted by molar-refractivity contribution is 5.95. The molecule has 1 aromatic carbocycles. The van der Waals surface area contributed by atoms with Gasteiger partial charge in [0.2, 0.25) is 0 Å². The molecule has 0 amide bonds. The highest BCUT2D eigenvalue weighted by atomic mass is 19.1. The third kappa shape index (κ3) is 2.68. The summed E-state index contributed by atoms with van der Waals surface area (Å²) < 4.78 is 18.0. The molecule has 0 aliphatic carbocycles. The summed E-state index contributed by atoms with van der Waals surface area (Å²) in [5.74, 6) is -0.945. The van der Waals surface area contributed by atoms with E-state index < -0.39 is 11.8 Å². The molecule has 1 aromatic rings. The van der Waals surface area contributed by atoms with Crippen molar-refractivity contribution >= 4 is 11.7 Å². The molecular formula is C11H14FNO2. The van der Waals surface area contributed by atoms with Gasteiger partial charge in [0.1, 0.15) is 5.82 Å². The average molecular weight is 211 g/mol. The highest BCUT2D eigenvalue weighted by Crippen LogP contribution is 2.18. The lowest BCUT2D eigenvalue weighted by atomic mass is 10.1. The van der Waals surface area contributed by atoms with Crippen LogP contribution < -0.4 is 5.73 Å². The molecule has 0 aliphatic rings. The van der Waals surface area contributed by atoms with Crippen molar-refractivity contribution in [3.63, 3.8) is 0 Å². The Morgan fingerprint density at radius 3 is 2.60 bits per heavy atom. The Labute approximate surface area is 88.0 Å². The Morgan fingerprint density at radius 1 is 1.47 bits per heavy atom. The number of halogens is 1. The van der Waals surface area contributed by atoms with Crippen LogP contribution in [0.2, 0.25) is 0 Å². The van der Waals surface area contributed by atoms with Gasteiger partial charge in [-0.25, -0.2) is 9.18 Å². The quantitative estimate of drug-likeness (QED) is 0.603. The van der Waals surface area contributed by atoms with Gasteiger partial charge in [-0.15, -0.1) is 0 Å². The molecule has 1 rings (SSSR count). The van der Waals surface area contributed by atoms with E-state index in [1.165, 1.54) is 6.07 Å². The molecule has 0 spiro atoms. The summed E-state index contributed by atoms with van der Waals surface area (Å²) in [5, 5.41) is 0. The number of nitrogen functional groups attached to an aromatic ring is 1. The third-order valence-corrected chi connectivity index (χ3v) is 1.89. The Balaban J connectivity index is 3.04. The van der Waals surface area contributed by atoms with Crippen LogP contribution in [-0.4, -0.2) is 12.1 Å². The van der Waals surface area contributed by atoms with Crippen molar-refractivity contribution in [3.05, 3.63) is 29.1 Å². The first-order valence-electron chi connectivity index (χ1n) is 4.68. The molecule has 0 aromatic heterocycles. The molecule has 0 saturated carbocycles. The van der Waals surface area contributed by atoms with Gasteiger partial charge in [-0.1, -0.05) is 0 Å². The third-order valence-electron chi connectivity index (χ3n) is 1.89. The lowest BCUT2D eigenvalue weighted by Gasteiger charge is -2.10. The number of rotatable bonds is 2. The van der Waals surface area contributed by atoms with Crippen LogP contribution in [0.4, 0.5) is 10.1 Å². The summed E-state index contributed by atoms with van der Waals surface area (Å²) in [4.78, 5) is 11.5. The van der Waals surface area contributed by atoms with E-state index in [1.807, 2.05) is 0 Å². The van der Waals surface area contributed by atoms with Crippen molar-refractivity contribution in [1.82, 2.24) is 0 Å². The van der Waals surface area contributed by atoms with Gasteiger partial charge in [0, 0.05) is 5.69 Å². The van der Waals surface area contributed by atoms with E-state index in [1.54, 1.807) is 20.8 Å². The molecule has 82 valence electrons. The maximum atomic E-state index is 13.1. The van der Waals surface area contributed by atoms with Crippen molar-refractivity contribution in [2.45, 2.75) is 26.9 Å². The number of aryl methyl sites for hydroxylation is 1. The van der Waals surface area contributed by atoms with Crippen LogP contribution in [0, 0.1) is 12.7 Å². The Hall–Kier alpha value is -1.58. The van der Waals surface area contributed by atoms with Gasteiger partial charge < -0.3 is 10.5 Å². The molecule has 0 radical (unpaired) electrons. The van der Waals surface area contributed by atoms with Crippen LogP contribution in [0.5, 0.6) is 0 Å². The molecule has 0 aliphatic heterocycles. The number of carbonyl (C=O) groups excluding carboxylic acids is 1. The minimum atomic E-state index is -0.523. The smallest absolute Gasteiger partial charge is 0.340 e. The first kappa shape index (κ1) is 11.5. The average Bonchev–Trinajstić information content (AvgIpc) is 2.09. The number of anilines is 1. The van der Waals surface area contributed by atoms with Crippen LogP contribution in [0.3, 0.4) is 0 Å². The van der Waals surface area contributed by atoms with Crippen molar-refractivity contribution in [2.75, 3.05) is 5.73 Å². The number of benzene rings is 1. The van der Waals surface area contributed by atoms with Crippen molar-refractivity contribution in [1.29, 1.82) is 0 Å². The molecular weight excluding hydrogens is 197 g/mol. The van der Waals surface area contributed by atoms with Crippen molar-refractivity contribution in [2.24, 2.45) is 0 Å². The van der Waals surface area contributed by atoms with E-state index in [2.05, 4.69) is 0 Å². The molecule has 0 fully saturated rings. The predicted octanol–water partition coefficient (Wildman–Crippen LogP) is 2.28. The van der Waals surface area contributed by atoms with Gasteiger partial charge in [0.25, 0.3) is 0 Å². The van der Waals surface area contributed by atoms with Gasteiger partial charge >= 0.3 is 5.97 Å². The minimum absolute atomic E-state index is 0.101. The Bertz CT molecular complexity index is 388. The van der Waals surface area contributed by atoms with E-state index in [0.717, 1.165) is 6.07 Å². The molecule has 15 heavy (non-hydrogen) atoms. The van der Waals surface area contributed by atoms with E-state index in [4.69, 9.17) is 10.5 Å². The van der Waals surface area contributed by atoms with Crippen LogP contribution in [0.25, 0.3) is 0 Å². The fraction of sp³-hybridized carbons (Fsp3) is 0.364.